The van der Waals surface area contributed by atoms with Crippen molar-refractivity contribution in [2.75, 3.05) is 0 Å². The smallest absolute Gasteiger partial charge is 0.274 e. The molecular formula is C27H22ClN5O2. The first-order chi connectivity index (χ1) is 17.0. The number of ether oxygens (including phenoxy) is 1. The lowest BCUT2D eigenvalue weighted by molar-refractivity contribution is 0.0955. The molecule has 0 bridgehead atoms. The van der Waals surface area contributed by atoms with E-state index in [1.165, 1.54) is 6.20 Å². The predicted molar refractivity (Wildman–Crippen MR) is 135 cm³/mol. The molecular weight excluding hydrogens is 462 g/mol. The first kappa shape index (κ1) is 23.7. The van der Waals surface area contributed by atoms with Crippen molar-refractivity contribution in [2.24, 2.45) is 5.10 Å². The van der Waals surface area contributed by atoms with Gasteiger partial charge in [0.15, 0.2) is 0 Å². The molecule has 0 saturated heterocycles. The fourth-order valence-electron chi connectivity index (χ4n) is 3.70. The minimum Gasteiger partial charge on any atom is -0.489 e. The molecule has 0 spiro atoms. The Morgan fingerprint density at radius 2 is 1.94 bits per heavy atom. The highest BCUT2D eigenvalue weighted by Gasteiger charge is 2.12. The Bertz CT molecular complexity index is 1430. The molecule has 35 heavy (non-hydrogen) atoms. The van der Waals surface area contributed by atoms with E-state index in [0.717, 1.165) is 28.2 Å². The van der Waals surface area contributed by atoms with Crippen LogP contribution in [0.25, 0.3) is 5.69 Å². The number of benzene rings is 2. The summed E-state index contributed by atoms with van der Waals surface area (Å²) in [5.41, 5.74) is 8.02. The van der Waals surface area contributed by atoms with E-state index in [2.05, 4.69) is 26.1 Å². The molecule has 0 fully saturated rings. The molecule has 0 unspecified atom stereocenters. The molecule has 4 rings (SSSR count). The topological polar surface area (TPSA) is 92.3 Å². The van der Waals surface area contributed by atoms with Gasteiger partial charge in [0.25, 0.3) is 5.91 Å². The van der Waals surface area contributed by atoms with Crippen LogP contribution in [0.5, 0.6) is 5.75 Å². The van der Waals surface area contributed by atoms with Gasteiger partial charge in [-0.3, -0.25) is 4.79 Å². The molecule has 0 atom stereocenters. The van der Waals surface area contributed by atoms with Crippen LogP contribution in [0.4, 0.5) is 0 Å². The Kier molecular flexibility index (Phi) is 7.24. The molecule has 0 aliphatic heterocycles. The highest BCUT2D eigenvalue weighted by atomic mass is 35.5. The molecule has 2 heterocycles. The summed E-state index contributed by atoms with van der Waals surface area (Å²) in [6.07, 6.45) is 3.12. The molecule has 174 valence electrons. The molecule has 0 radical (unpaired) electrons. The fourth-order valence-corrected chi connectivity index (χ4v) is 3.90. The quantitative estimate of drug-likeness (QED) is 0.217. The number of carbonyl (C=O) groups excluding carboxylic acids is 1. The second-order valence-corrected chi connectivity index (χ2v) is 8.11. The normalized spacial score (nSPS) is 10.8. The van der Waals surface area contributed by atoms with Crippen LogP contribution in [-0.2, 0) is 6.61 Å². The number of hydrogen-bond donors (Lipinski definition) is 1. The third kappa shape index (κ3) is 5.40. The molecule has 4 aromatic rings. The molecule has 0 aliphatic rings. The molecule has 1 N–H and O–H groups in total. The number of carbonyl (C=O) groups is 1. The molecule has 8 heteroatoms. The number of nitriles is 1. The summed E-state index contributed by atoms with van der Waals surface area (Å²) in [6.45, 7) is 4.31. The van der Waals surface area contributed by atoms with E-state index in [4.69, 9.17) is 16.3 Å². The first-order valence-electron chi connectivity index (χ1n) is 10.8. The second kappa shape index (κ2) is 10.7. The van der Waals surface area contributed by atoms with E-state index >= 15 is 0 Å². The summed E-state index contributed by atoms with van der Waals surface area (Å²) < 4.78 is 7.97. The Labute approximate surface area is 208 Å². The van der Waals surface area contributed by atoms with Gasteiger partial charge in [-0.15, -0.1) is 0 Å². The number of aromatic nitrogens is 2. The maximum atomic E-state index is 12.3. The maximum Gasteiger partial charge on any atom is 0.274 e. The van der Waals surface area contributed by atoms with Crippen LogP contribution in [0.3, 0.4) is 0 Å². The Balaban J connectivity index is 1.45. The van der Waals surface area contributed by atoms with Gasteiger partial charge in [0, 0.05) is 34.4 Å². The van der Waals surface area contributed by atoms with E-state index in [1.807, 2.05) is 62.4 Å². The van der Waals surface area contributed by atoms with Gasteiger partial charge >= 0.3 is 0 Å². The van der Waals surface area contributed by atoms with Crippen LogP contribution in [0, 0.1) is 25.2 Å². The fraction of sp³-hybridized carbons (Fsp3) is 0.111. The average Bonchev–Trinajstić information content (AvgIpc) is 3.16. The molecule has 0 saturated carbocycles. The highest BCUT2D eigenvalue weighted by molar-refractivity contribution is 6.32. The summed E-state index contributed by atoms with van der Waals surface area (Å²) in [5, 5.41) is 13.4. The zero-order valence-corrected chi connectivity index (χ0v) is 20.0. The Hall–Kier alpha value is -4.41. The van der Waals surface area contributed by atoms with Crippen LogP contribution in [0.15, 0.2) is 78.0 Å². The van der Waals surface area contributed by atoms with Gasteiger partial charge in [0.1, 0.15) is 17.5 Å². The van der Waals surface area contributed by atoms with Gasteiger partial charge in [-0.1, -0.05) is 29.8 Å². The Morgan fingerprint density at radius 1 is 1.17 bits per heavy atom. The molecule has 7 nitrogen and oxygen atoms in total. The van der Waals surface area contributed by atoms with Gasteiger partial charge in [-0.05, 0) is 62.4 Å². The lowest BCUT2D eigenvalue weighted by atomic mass is 10.1. The largest absolute Gasteiger partial charge is 0.489 e. The van der Waals surface area contributed by atoms with Gasteiger partial charge in [0.2, 0.25) is 0 Å². The standard InChI is InChI=1S/C27H22ClN5O2/c1-18-14-22(16-31-32-27(34)25-8-5-13-30-26(25)28)19(2)33(18)23-9-11-24(12-10-23)35-17-21-7-4-3-6-20(21)15-29/h3-14,16H,17H2,1-2H3,(H,32,34). The number of pyridine rings is 1. The highest BCUT2D eigenvalue weighted by Crippen LogP contribution is 2.23. The summed E-state index contributed by atoms with van der Waals surface area (Å²) in [7, 11) is 0. The molecule has 1 amide bonds. The lowest BCUT2D eigenvalue weighted by Gasteiger charge is -2.12. The van der Waals surface area contributed by atoms with Crippen molar-refractivity contribution in [3.05, 3.63) is 112 Å². The monoisotopic (exact) mass is 483 g/mol. The minimum atomic E-state index is -0.430. The number of nitrogens with one attached hydrogen (secondary N) is 1. The third-order valence-electron chi connectivity index (χ3n) is 5.47. The first-order valence-corrected chi connectivity index (χ1v) is 11.2. The minimum absolute atomic E-state index is 0.125. The van der Waals surface area contributed by atoms with Crippen molar-refractivity contribution in [1.29, 1.82) is 5.26 Å². The van der Waals surface area contributed by atoms with E-state index < -0.39 is 5.91 Å². The SMILES string of the molecule is Cc1cc(C=NNC(=O)c2cccnc2Cl)c(C)n1-c1ccc(OCc2ccccc2C#N)cc1. The molecule has 0 aliphatic carbocycles. The number of nitrogens with zero attached hydrogens (tertiary/aromatic N) is 4. The summed E-state index contributed by atoms with van der Waals surface area (Å²) in [4.78, 5) is 16.2. The van der Waals surface area contributed by atoms with Gasteiger partial charge in [-0.25, -0.2) is 10.4 Å². The van der Waals surface area contributed by atoms with Gasteiger partial charge in [-0.2, -0.15) is 10.4 Å². The number of rotatable bonds is 7. The van der Waals surface area contributed by atoms with E-state index in [1.54, 1.807) is 24.4 Å². The summed E-state index contributed by atoms with van der Waals surface area (Å²) in [5.74, 6) is 0.281. The van der Waals surface area contributed by atoms with Crippen molar-refractivity contribution in [1.82, 2.24) is 15.0 Å². The van der Waals surface area contributed by atoms with Crippen molar-refractivity contribution < 1.29 is 9.53 Å². The lowest BCUT2D eigenvalue weighted by Crippen LogP contribution is -2.18. The van der Waals surface area contributed by atoms with Crippen LogP contribution in [0.2, 0.25) is 5.15 Å². The third-order valence-corrected chi connectivity index (χ3v) is 5.77. The molecule has 2 aromatic carbocycles. The summed E-state index contributed by atoms with van der Waals surface area (Å²) >= 11 is 5.96. The van der Waals surface area contributed by atoms with Crippen LogP contribution >= 0.6 is 11.6 Å². The number of aryl methyl sites for hydroxylation is 1. The molecule has 2 aromatic heterocycles. The van der Waals surface area contributed by atoms with Gasteiger partial charge < -0.3 is 9.30 Å². The van der Waals surface area contributed by atoms with Crippen molar-refractivity contribution in [3.63, 3.8) is 0 Å². The van der Waals surface area contributed by atoms with Crippen molar-refractivity contribution >= 4 is 23.7 Å². The van der Waals surface area contributed by atoms with Crippen LogP contribution in [0.1, 0.15) is 38.4 Å². The van der Waals surface area contributed by atoms with Crippen molar-refractivity contribution in [3.8, 4) is 17.5 Å². The maximum absolute atomic E-state index is 12.3. The Morgan fingerprint density at radius 3 is 2.69 bits per heavy atom. The average molecular weight is 484 g/mol. The van der Waals surface area contributed by atoms with E-state index in [0.29, 0.717) is 17.9 Å². The zero-order chi connectivity index (χ0) is 24.8. The number of hydrazone groups is 1. The number of amides is 1. The van der Waals surface area contributed by atoms with Crippen LogP contribution < -0.4 is 10.2 Å². The number of halogens is 1. The van der Waals surface area contributed by atoms with Crippen molar-refractivity contribution in [2.45, 2.75) is 20.5 Å². The predicted octanol–water partition coefficient (Wildman–Crippen LogP) is 5.36. The van der Waals surface area contributed by atoms with E-state index in [9.17, 15) is 10.1 Å². The second-order valence-electron chi connectivity index (χ2n) is 7.75. The van der Waals surface area contributed by atoms with E-state index in [-0.39, 0.29) is 10.7 Å². The van der Waals surface area contributed by atoms with Crippen LogP contribution in [-0.4, -0.2) is 21.7 Å². The van der Waals surface area contributed by atoms with Gasteiger partial charge in [0.05, 0.1) is 23.4 Å². The summed E-state index contributed by atoms with van der Waals surface area (Å²) in [6, 6.07) is 22.5. The number of hydrogen-bond acceptors (Lipinski definition) is 5. The zero-order valence-electron chi connectivity index (χ0n) is 19.2.